The number of hydrogen-bond acceptors (Lipinski definition) is 4. The second-order valence-corrected chi connectivity index (χ2v) is 4.66. The molecular formula is C12H17NO2S. The Bertz CT molecular complexity index is 337. The number of thioether (sulfide) groups is 1. The minimum absolute atomic E-state index is 0.351. The van der Waals surface area contributed by atoms with Gasteiger partial charge in [-0.05, 0) is 12.5 Å². The fraction of sp³-hybridized carbons (Fsp3) is 0.417. The molecule has 1 unspecified atom stereocenters. The number of benzene rings is 1. The number of nitrogens with two attached hydrogens (primary N) is 1. The van der Waals surface area contributed by atoms with E-state index in [0.29, 0.717) is 5.75 Å². The van der Waals surface area contributed by atoms with Gasteiger partial charge in [0.05, 0.1) is 7.11 Å². The van der Waals surface area contributed by atoms with E-state index >= 15 is 0 Å². The van der Waals surface area contributed by atoms with Gasteiger partial charge in [0.2, 0.25) is 0 Å². The zero-order valence-electron chi connectivity index (χ0n) is 9.60. The highest BCUT2D eigenvalue weighted by molar-refractivity contribution is 7.98. The zero-order valence-corrected chi connectivity index (χ0v) is 10.4. The maximum Gasteiger partial charge on any atom is 0.323 e. The summed E-state index contributed by atoms with van der Waals surface area (Å²) in [6.45, 7) is 2.06. The normalized spacial score (nSPS) is 12.2. The van der Waals surface area contributed by atoms with Crippen molar-refractivity contribution in [3.63, 3.8) is 0 Å². The van der Waals surface area contributed by atoms with Crippen LogP contribution < -0.4 is 5.73 Å². The molecule has 1 rings (SSSR count). The Labute approximate surface area is 100 Å². The third kappa shape index (κ3) is 4.24. The number of methoxy groups -OCH3 is 1. The second kappa shape index (κ2) is 6.55. The van der Waals surface area contributed by atoms with E-state index < -0.39 is 6.04 Å². The fourth-order valence-electron chi connectivity index (χ4n) is 1.21. The molecule has 0 fully saturated rings. The molecule has 1 aromatic rings. The molecule has 1 atom stereocenters. The fourth-order valence-corrected chi connectivity index (χ4v) is 2.14. The van der Waals surface area contributed by atoms with Crippen molar-refractivity contribution in [2.75, 3.05) is 12.9 Å². The molecule has 4 heteroatoms. The monoisotopic (exact) mass is 239 g/mol. The number of rotatable bonds is 5. The molecule has 0 bridgehead atoms. The maximum atomic E-state index is 11.0. The average molecular weight is 239 g/mol. The van der Waals surface area contributed by atoms with Gasteiger partial charge in [0, 0.05) is 11.5 Å². The molecule has 0 aromatic heterocycles. The second-order valence-electron chi connectivity index (χ2n) is 3.63. The van der Waals surface area contributed by atoms with Crippen LogP contribution in [0.5, 0.6) is 0 Å². The van der Waals surface area contributed by atoms with Gasteiger partial charge in [-0.2, -0.15) is 11.8 Å². The first-order valence-electron chi connectivity index (χ1n) is 5.10. The van der Waals surface area contributed by atoms with Crippen LogP contribution in [0.25, 0.3) is 0 Å². The summed E-state index contributed by atoms with van der Waals surface area (Å²) in [5.41, 5.74) is 8.11. The largest absolute Gasteiger partial charge is 0.468 e. The molecule has 3 nitrogen and oxygen atoms in total. The molecule has 16 heavy (non-hydrogen) atoms. The Hall–Kier alpha value is -1.00. The van der Waals surface area contributed by atoms with Crippen molar-refractivity contribution >= 4 is 17.7 Å². The third-order valence-electron chi connectivity index (χ3n) is 2.19. The lowest BCUT2D eigenvalue weighted by atomic mass is 10.2. The predicted molar refractivity (Wildman–Crippen MR) is 67.3 cm³/mol. The molecule has 0 aliphatic carbocycles. The molecule has 0 saturated carbocycles. The molecule has 0 amide bonds. The number of hydrogen-bond donors (Lipinski definition) is 1. The number of ether oxygens (including phenoxy) is 1. The highest BCUT2D eigenvalue weighted by Crippen LogP contribution is 2.13. The van der Waals surface area contributed by atoms with Crippen molar-refractivity contribution in [2.45, 2.75) is 18.7 Å². The lowest BCUT2D eigenvalue weighted by molar-refractivity contribution is -0.141. The van der Waals surface area contributed by atoms with Crippen molar-refractivity contribution < 1.29 is 9.53 Å². The van der Waals surface area contributed by atoms with E-state index in [1.54, 1.807) is 11.8 Å². The summed E-state index contributed by atoms with van der Waals surface area (Å²) >= 11 is 1.64. The van der Waals surface area contributed by atoms with Gasteiger partial charge in [0.15, 0.2) is 0 Å². The Balaban J connectivity index is 2.30. The quantitative estimate of drug-likeness (QED) is 0.795. The van der Waals surface area contributed by atoms with Gasteiger partial charge in [-0.1, -0.05) is 29.8 Å². The molecule has 0 spiro atoms. The van der Waals surface area contributed by atoms with Gasteiger partial charge < -0.3 is 10.5 Å². The summed E-state index contributed by atoms with van der Waals surface area (Å²) in [6.07, 6.45) is 0. The van der Waals surface area contributed by atoms with Crippen LogP contribution >= 0.6 is 11.8 Å². The summed E-state index contributed by atoms with van der Waals surface area (Å²) in [4.78, 5) is 11.0. The molecule has 88 valence electrons. The Kier molecular flexibility index (Phi) is 5.35. The average Bonchev–Trinajstić information content (AvgIpc) is 2.30. The zero-order chi connectivity index (χ0) is 12.0. The van der Waals surface area contributed by atoms with E-state index in [4.69, 9.17) is 5.73 Å². The molecule has 0 radical (unpaired) electrons. The third-order valence-corrected chi connectivity index (χ3v) is 3.32. The molecule has 0 heterocycles. The van der Waals surface area contributed by atoms with E-state index in [1.165, 1.54) is 18.2 Å². The summed E-state index contributed by atoms with van der Waals surface area (Å²) < 4.78 is 4.55. The van der Waals surface area contributed by atoms with E-state index in [-0.39, 0.29) is 5.97 Å². The number of carbonyl (C=O) groups is 1. The number of esters is 1. The van der Waals surface area contributed by atoms with E-state index in [2.05, 4.69) is 35.9 Å². The number of aryl methyl sites for hydroxylation is 1. The summed E-state index contributed by atoms with van der Waals surface area (Å²) in [7, 11) is 1.35. The lowest BCUT2D eigenvalue weighted by Crippen LogP contribution is -2.33. The van der Waals surface area contributed by atoms with Gasteiger partial charge in [-0.25, -0.2) is 0 Å². The van der Waals surface area contributed by atoms with Crippen molar-refractivity contribution in [3.8, 4) is 0 Å². The SMILES string of the molecule is COC(=O)C(N)CSCc1ccc(C)cc1. The minimum Gasteiger partial charge on any atom is -0.468 e. The smallest absolute Gasteiger partial charge is 0.323 e. The van der Waals surface area contributed by atoms with Crippen LogP contribution in [-0.2, 0) is 15.3 Å². The van der Waals surface area contributed by atoms with Crippen molar-refractivity contribution in [3.05, 3.63) is 35.4 Å². The van der Waals surface area contributed by atoms with Crippen molar-refractivity contribution in [2.24, 2.45) is 5.73 Å². The summed E-state index contributed by atoms with van der Waals surface area (Å²) in [5, 5.41) is 0. The van der Waals surface area contributed by atoms with Crippen LogP contribution in [0.2, 0.25) is 0 Å². The first-order valence-corrected chi connectivity index (χ1v) is 6.25. The molecular weight excluding hydrogens is 222 g/mol. The highest BCUT2D eigenvalue weighted by atomic mass is 32.2. The van der Waals surface area contributed by atoms with Gasteiger partial charge in [-0.3, -0.25) is 4.79 Å². The van der Waals surface area contributed by atoms with Gasteiger partial charge in [0.25, 0.3) is 0 Å². The standard InChI is InChI=1S/C12H17NO2S/c1-9-3-5-10(6-4-9)7-16-8-11(13)12(14)15-2/h3-6,11H,7-8,13H2,1-2H3. The highest BCUT2D eigenvalue weighted by Gasteiger charge is 2.12. The van der Waals surface area contributed by atoms with Crippen LogP contribution in [0.15, 0.2) is 24.3 Å². The van der Waals surface area contributed by atoms with Crippen LogP contribution in [0.4, 0.5) is 0 Å². The maximum absolute atomic E-state index is 11.0. The van der Waals surface area contributed by atoms with Crippen molar-refractivity contribution in [1.82, 2.24) is 0 Å². The molecule has 0 saturated heterocycles. The van der Waals surface area contributed by atoms with Gasteiger partial charge in [0.1, 0.15) is 6.04 Å². The van der Waals surface area contributed by atoms with Crippen LogP contribution in [0, 0.1) is 6.92 Å². The molecule has 2 N–H and O–H groups in total. The van der Waals surface area contributed by atoms with Gasteiger partial charge in [-0.15, -0.1) is 0 Å². The van der Waals surface area contributed by atoms with Crippen LogP contribution in [-0.4, -0.2) is 24.9 Å². The van der Waals surface area contributed by atoms with Crippen molar-refractivity contribution in [1.29, 1.82) is 0 Å². The van der Waals surface area contributed by atoms with E-state index in [1.807, 2.05) is 0 Å². The van der Waals surface area contributed by atoms with Gasteiger partial charge >= 0.3 is 5.97 Å². The summed E-state index contributed by atoms with van der Waals surface area (Å²) in [6, 6.07) is 7.81. The van der Waals surface area contributed by atoms with E-state index in [9.17, 15) is 4.79 Å². The van der Waals surface area contributed by atoms with E-state index in [0.717, 1.165) is 5.75 Å². The first kappa shape index (κ1) is 13.1. The lowest BCUT2D eigenvalue weighted by Gasteiger charge is -2.08. The Morgan fingerprint density at radius 3 is 2.62 bits per heavy atom. The summed E-state index contributed by atoms with van der Waals surface area (Å²) in [5.74, 6) is 1.10. The Morgan fingerprint density at radius 1 is 1.44 bits per heavy atom. The molecule has 1 aromatic carbocycles. The number of carbonyl (C=O) groups excluding carboxylic acids is 1. The molecule has 0 aliphatic rings. The predicted octanol–water partition coefficient (Wildman–Crippen LogP) is 1.73. The minimum atomic E-state index is -0.527. The van der Waals surface area contributed by atoms with Crippen LogP contribution in [0.3, 0.4) is 0 Å². The molecule has 0 aliphatic heterocycles. The first-order chi connectivity index (χ1) is 7.63. The topological polar surface area (TPSA) is 52.3 Å². The van der Waals surface area contributed by atoms with Crippen LogP contribution in [0.1, 0.15) is 11.1 Å². The Morgan fingerprint density at radius 2 is 2.06 bits per heavy atom.